The zero-order valence-corrected chi connectivity index (χ0v) is 17.4. The number of para-hydroxylation sites is 1. The number of halogens is 2. The fourth-order valence-corrected chi connectivity index (χ4v) is 3.88. The number of hydrogen-bond acceptors (Lipinski definition) is 4. The SMILES string of the molecule is O=C(CCn1cnc2ccccc2c1=O)N1CCN(C(=O)c2ccc(F)cc2Cl)CC1. The quantitative estimate of drug-likeness (QED) is 0.622. The molecule has 4 rings (SSSR count). The Morgan fingerprint density at radius 2 is 1.74 bits per heavy atom. The molecule has 2 aromatic carbocycles. The Labute approximate surface area is 182 Å². The van der Waals surface area contributed by atoms with Crippen molar-refractivity contribution in [1.29, 1.82) is 0 Å². The molecule has 0 aliphatic carbocycles. The molecule has 2 heterocycles. The second-order valence-electron chi connectivity index (χ2n) is 7.31. The lowest BCUT2D eigenvalue weighted by Crippen LogP contribution is -2.50. The van der Waals surface area contributed by atoms with Crippen LogP contribution in [0.3, 0.4) is 0 Å². The van der Waals surface area contributed by atoms with Crippen molar-refractivity contribution in [2.45, 2.75) is 13.0 Å². The molecule has 3 aromatic rings. The summed E-state index contributed by atoms with van der Waals surface area (Å²) in [6, 6.07) is 10.8. The van der Waals surface area contributed by atoms with Crippen LogP contribution in [-0.4, -0.2) is 57.3 Å². The third-order valence-corrected chi connectivity index (χ3v) is 5.69. The predicted octanol–water partition coefficient (Wildman–Crippen LogP) is 2.56. The van der Waals surface area contributed by atoms with Gasteiger partial charge in [0.05, 0.1) is 27.8 Å². The number of amides is 2. The minimum absolute atomic E-state index is 0.0675. The van der Waals surface area contributed by atoms with E-state index < -0.39 is 5.82 Å². The molecule has 0 unspecified atom stereocenters. The molecule has 1 aromatic heterocycles. The number of benzene rings is 2. The molecule has 0 saturated carbocycles. The average molecular weight is 443 g/mol. The van der Waals surface area contributed by atoms with Crippen LogP contribution in [0, 0.1) is 5.82 Å². The monoisotopic (exact) mass is 442 g/mol. The number of hydrogen-bond donors (Lipinski definition) is 0. The fourth-order valence-electron chi connectivity index (χ4n) is 3.63. The molecular formula is C22H20ClFN4O3. The molecule has 160 valence electrons. The number of nitrogens with zero attached hydrogens (tertiary/aromatic N) is 4. The second kappa shape index (κ2) is 8.85. The van der Waals surface area contributed by atoms with Gasteiger partial charge in [-0.2, -0.15) is 0 Å². The Balaban J connectivity index is 1.34. The summed E-state index contributed by atoms with van der Waals surface area (Å²) in [5.41, 5.74) is 0.688. The van der Waals surface area contributed by atoms with E-state index in [1.165, 1.54) is 23.0 Å². The van der Waals surface area contributed by atoms with Crippen LogP contribution in [0.2, 0.25) is 5.02 Å². The van der Waals surface area contributed by atoms with Gasteiger partial charge in [-0.05, 0) is 30.3 Å². The van der Waals surface area contributed by atoms with Crippen LogP contribution in [0.5, 0.6) is 0 Å². The molecule has 31 heavy (non-hydrogen) atoms. The molecule has 9 heteroatoms. The highest BCUT2D eigenvalue weighted by Crippen LogP contribution is 2.20. The number of fused-ring (bicyclic) bond motifs is 1. The molecule has 0 radical (unpaired) electrons. The van der Waals surface area contributed by atoms with Gasteiger partial charge in [0.1, 0.15) is 5.82 Å². The first-order valence-electron chi connectivity index (χ1n) is 9.90. The van der Waals surface area contributed by atoms with Gasteiger partial charge in [0.25, 0.3) is 11.5 Å². The summed E-state index contributed by atoms with van der Waals surface area (Å²) < 4.78 is 14.7. The van der Waals surface area contributed by atoms with Gasteiger partial charge < -0.3 is 9.80 Å². The number of rotatable bonds is 4. The van der Waals surface area contributed by atoms with E-state index in [9.17, 15) is 18.8 Å². The Kier molecular flexibility index (Phi) is 5.99. The summed E-state index contributed by atoms with van der Waals surface area (Å²) in [5, 5.41) is 0.585. The highest BCUT2D eigenvalue weighted by Gasteiger charge is 2.26. The lowest BCUT2D eigenvalue weighted by atomic mass is 10.1. The highest BCUT2D eigenvalue weighted by molar-refractivity contribution is 6.33. The number of aryl methyl sites for hydroxylation is 1. The van der Waals surface area contributed by atoms with E-state index in [4.69, 9.17) is 11.6 Å². The molecule has 0 spiro atoms. The van der Waals surface area contributed by atoms with Crippen molar-refractivity contribution in [2.75, 3.05) is 26.2 Å². The third kappa shape index (κ3) is 4.44. The van der Waals surface area contributed by atoms with E-state index in [0.29, 0.717) is 37.1 Å². The van der Waals surface area contributed by atoms with Crippen LogP contribution in [-0.2, 0) is 11.3 Å². The van der Waals surface area contributed by atoms with E-state index >= 15 is 0 Å². The van der Waals surface area contributed by atoms with E-state index in [0.717, 1.165) is 6.07 Å². The molecular weight excluding hydrogens is 423 g/mol. The standard InChI is InChI=1S/C22H20ClFN4O3/c23-18-13-15(24)5-6-16(18)21(30)27-11-9-26(10-12-27)20(29)7-8-28-14-25-19-4-2-1-3-17(19)22(28)31/h1-6,13-14H,7-12H2. The fraction of sp³-hybridized carbons (Fsp3) is 0.273. The molecule has 0 atom stereocenters. The summed E-state index contributed by atoms with van der Waals surface area (Å²) >= 11 is 5.99. The summed E-state index contributed by atoms with van der Waals surface area (Å²) in [7, 11) is 0. The van der Waals surface area contributed by atoms with Crippen molar-refractivity contribution in [3.8, 4) is 0 Å². The molecule has 1 fully saturated rings. The first-order valence-corrected chi connectivity index (χ1v) is 10.3. The molecule has 1 aliphatic heterocycles. The first-order chi connectivity index (χ1) is 14.9. The topological polar surface area (TPSA) is 75.5 Å². The number of carbonyl (C=O) groups is 2. The van der Waals surface area contributed by atoms with Gasteiger partial charge in [0, 0.05) is 39.1 Å². The Morgan fingerprint density at radius 1 is 1.03 bits per heavy atom. The van der Waals surface area contributed by atoms with Crippen LogP contribution in [0.1, 0.15) is 16.8 Å². The minimum atomic E-state index is -0.502. The highest BCUT2D eigenvalue weighted by atomic mass is 35.5. The summed E-state index contributed by atoms with van der Waals surface area (Å²) in [6.45, 7) is 1.72. The average Bonchev–Trinajstić information content (AvgIpc) is 2.78. The van der Waals surface area contributed by atoms with E-state index in [-0.39, 0.29) is 40.9 Å². The summed E-state index contributed by atoms with van der Waals surface area (Å²) in [5.74, 6) is -0.879. The molecule has 1 saturated heterocycles. The van der Waals surface area contributed by atoms with Crippen molar-refractivity contribution in [3.05, 3.63) is 75.5 Å². The Hall–Kier alpha value is -3.26. The predicted molar refractivity (Wildman–Crippen MR) is 115 cm³/mol. The molecule has 1 aliphatic rings. The number of piperazine rings is 1. The smallest absolute Gasteiger partial charge is 0.261 e. The molecule has 2 amide bonds. The molecule has 7 nitrogen and oxygen atoms in total. The van der Waals surface area contributed by atoms with Crippen LogP contribution in [0.15, 0.2) is 53.6 Å². The summed E-state index contributed by atoms with van der Waals surface area (Å²) in [4.78, 5) is 45.3. The number of aromatic nitrogens is 2. The zero-order chi connectivity index (χ0) is 22.0. The minimum Gasteiger partial charge on any atom is -0.339 e. The lowest BCUT2D eigenvalue weighted by molar-refractivity contribution is -0.132. The maximum atomic E-state index is 13.2. The normalized spacial score (nSPS) is 14.1. The van der Waals surface area contributed by atoms with Crippen LogP contribution in [0.4, 0.5) is 4.39 Å². The maximum absolute atomic E-state index is 13.2. The van der Waals surface area contributed by atoms with Gasteiger partial charge in [0.15, 0.2) is 0 Å². The van der Waals surface area contributed by atoms with Gasteiger partial charge in [-0.15, -0.1) is 0 Å². The summed E-state index contributed by atoms with van der Waals surface area (Å²) in [6.07, 6.45) is 1.62. The van der Waals surface area contributed by atoms with Crippen LogP contribution in [0.25, 0.3) is 10.9 Å². The molecule has 0 bridgehead atoms. The van der Waals surface area contributed by atoms with Crippen LogP contribution < -0.4 is 5.56 Å². The van der Waals surface area contributed by atoms with Crippen molar-refractivity contribution in [3.63, 3.8) is 0 Å². The van der Waals surface area contributed by atoms with E-state index in [1.807, 2.05) is 6.07 Å². The zero-order valence-electron chi connectivity index (χ0n) is 16.6. The van der Waals surface area contributed by atoms with Gasteiger partial charge in [0.2, 0.25) is 5.91 Å². The maximum Gasteiger partial charge on any atom is 0.261 e. The van der Waals surface area contributed by atoms with Gasteiger partial charge in [-0.3, -0.25) is 19.0 Å². The van der Waals surface area contributed by atoms with Crippen LogP contribution >= 0.6 is 11.6 Å². The van der Waals surface area contributed by atoms with Gasteiger partial charge in [-0.25, -0.2) is 9.37 Å². The first kappa shape index (κ1) is 21.0. The largest absolute Gasteiger partial charge is 0.339 e. The van der Waals surface area contributed by atoms with Crippen molar-refractivity contribution < 1.29 is 14.0 Å². The Bertz CT molecular complexity index is 1200. The Morgan fingerprint density at radius 3 is 2.48 bits per heavy atom. The van der Waals surface area contributed by atoms with Crippen molar-refractivity contribution in [2.24, 2.45) is 0 Å². The number of carbonyl (C=O) groups excluding carboxylic acids is 2. The van der Waals surface area contributed by atoms with Gasteiger partial charge in [-0.1, -0.05) is 23.7 Å². The second-order valence-corrected chi connectivity index (χ2v) is 7.71. The van der Waals surface area contributed by atoms with E-state index in [1.54, 1.807) is 28.0 Å². The third-order valence-electron chi connectivity index (χ3n) is 5.38. The molecule has 0 N–H and O–H groups in total. The van der Waals surface area contributed by atoms with Crippen molar-refractivity contribution in [1.82, 2.24) is 19.4 Å². The van der Waals surface area contributed by atoms with Crippen molar-refractivity contribution >= 4 is 34.3 Å². The van der Waals surface area contributed by atoms with Gasteiger partial charge >= 0.3 is 0 Å². The van der Waals surface area contributed by atoms with E-state index in [2.05, 4.69) is 4.98 Å². The lowest BCUT2D eigenvalue weighted by Gasteiger charge is -2.35.